The van der Waals surface area contributed by atoms with E-state index in [0.29, 0.717) is 12.0 Å². The second kappa shape index (κ2) is 5.01. The Morgan fingerprint density at radius 1 is 1.22 bits per heavy atom. The molecule has 0 amide bonds. The summed E-state index contributed by atoms with van der Waals surface area (Å²) in [6, 6.07) is 6.59. The molecule has 3 heteroatoms. The number of fused-ring (bicyclic) bond motifs is 1. The number of nitrogen functional groups attached to an aromatic ring is 1. The normalized spacial score (nSPS) is 13.4. The zero-order valence-electron chi connectivity index (χ0n) is 11.8. The first-order valence-corrected chi connectivity index (χ1v) is 6.73. The van der Waals surface area contributed by atoms with E-state index in [4.69, 9.17) is 5.73 Å². The number of aromatic nitrogens is 2. The first kappa shape index (κ1) is 12.9. The van der Waals surface area contributed by atoms with Gasteiger partial charge >= 0.3 is 0 Å². The Bertz CT molecular complexity index is 540. The van der Waals surface area contributed by atoms with E-state index in [1.54, 1.807) is 0 Å². The molecule has 0 spiro atoms. The predicted octanol–water partition coefficient (Wildman–Crippen LogP) is 3.92. The first-order chi connectivity index (χ1) is 8.50. The lowest BCUT2D eigenvalue weighted by Crippen LogP contribution is -2.10. The lowest BCUT2D eigenvalue weighted by molar-refractivity contribution is 0.449. The number of benzene rings is 1. The molecular formula is C15H23N3. The number of rotatable bonds is 4. The maximum atomic E-state index is 6.08. The van der Waals surface area contributed by atoms with Gasteiger partial charge in [-0.15, -0.1) is 0 Å². The zero-order chi connectivity index (χ0) is 13.3. The fourth-order valence-electron chi connectivity index (χ4n) is 2.49. The molecule has 1 atom stereocenters. The number of nitrogens with two attached hydrogens (primary N) is 1. The van der Waals surface area contributed by atoms with Crippen molar-refractivity contribution >= 4 is 17.0 Å². The second-order valence-corrected chi connectivity index (χ2v) is 5.60. The minimum atomic E-state index is 0.401. The van der Waals surface area contributed by atoms with Gasteiger partial charge in [0.15, 0.2) is 0 Å². The maximum absolute atomic E-state index is 6.08. The molecule has 0 aliphatic carbocycles. The summed E-state index contributed by atoms with van der Waals surface area (Å²) in [4.78, 5) is 4.46. The highest BCUT2D eigenvalue weighted by atomic mass is 15.2. The molecule has 0 saturated heterocycles. The van der Waals surface area contributed by atoms with E-state index in [1.165, 1.54) is 17.5 Å². The van der Waals surface area contributed by atoms with Crippen LogP contribution >= 0.6 is 0 Å². The topological polar surface area (TPSA) is 43.8 Å². The number of hydrogen-bond donors (Lipinski definition) is 1. The van der Waals surface area contributed by atoms with Crippen LogP contribution in [0.25, 0.3) is 11.0 Å². The van der Waals surface area contributed by atoms with Crippen molar-refractivity contribution in [2.45, 2.75) is 46.6 Å². The summed E-state index contributed by atoms with van der Waals surface area (Å²) >= 11 is 0. The van der Waals surface area contributed by atoms with Crippen molar-refractivity contribution < 1.29 is 0 Å². The Balaban J connectivity index is 2.40. The van der Waals surface area contributed by atoms with Crippen LogP contribution < -0.4 is 5.73 Å². The fourth-order valence-corrected chi connectivity index (χ4v) is 2.49. The number of aryl methyl sites for hydroxylation is 1. The van der Waals surface area contributed by atoms with E-state index in [-0.39, 0.29) is 0 Å². The first-order valence-electron chi connectivity index (χ1n) is 6.73. The van der Waals surface area contributed by atoms with Gasteiger partial charge in [0, 0.05) is 6.04 Å². The van der Waals surface area contributed by atoms with Crippen LogP contribution in [0.15, 0.2) is 18.2 Å². The molecule has 0 radical (unpaired) electrons. The van der Waals surface area contributed by atoms with Crippen molar-refractivity contribution in [3.8, 4) is 0 Å². The highest BCUT2D eigenvalue weighted by Crippen LogP contribution is 2.28. The number of anilines is 1. The Morgan fingerprint density at radius 2 is 1.94 bits per heavy atom. The molecule has 2 N–H and O–H groups in total. The van der Waals surface area contributed by atoms with Gasteiger partial charge in [-0.2, -0.15) is 0 Å². The van der Waals surface area contributed by atoms with Crippen LogP contribution in [0.4, 0.5) is 5.95 Å². The SMILES string of the molecule is Cc1cccc2nc(N)n(C(C)CCC(C)C)c12. The van der Waals surface area contributed by atoms with Gasteiger partial charge in [0.05, 0.1) is 11.0 Å². The average molecular weight is 245 g/mol. The van der Waals surface area contributed by atoms with Crippen LogP contribution in [-0.2, 0) is 0 Å². The monoisotopic (exact) mass is 245 g/mol. The molecule has 2 rings (SSSR count). The molecule has 1 aromatic carbocycles. The van der Waals surface area contributed by atoms with E-state index in [9.17, 15) is 0 Å². The quantitative estimate of drug-likeness (QED) is 0.887. The number of para-hydroxylation sites is 1. The molecule has 1 heterocycles. The highest BCUT2D eigenvalue weighted by molar-refractivity contribution is 5.81. The summed E-state index contributed by atoms with van der Waals surface area (Å²) < 4.78 is 2.19. The third-order valence-corrected chi connectivity index (χ3v) is 3.54. The van der Waals surface area contributed by atoms with E-state index < -0.39 is 0 Å². The number of imidazole rings is 1. The summed E-state index contributed by atoms with van der Waals surface area (Å²) in [5, 5.41) is 0. The smallest absolute Gasteiger partial charge is 0.201 e. The lowest BCUT2D eigenvalue weighted by atomic mass is 10.0. The van der Waals surface area contributed by atoms with Gasteiger partial charge in [0.2, 0.25) is 5.95 Å². The Morgan fingerprint density at radius 3 is 2.61 bits per heavy atom. The van der Waals surface area contributed by atoms with E-state index in [0.717, 1.165) is 17.9 Å². The fraction of sp³-hybridized carbons (Fsp3) is 0.533. The molecule has 0 bridgehead atoms. The standard InChI is InChI=1S/C15H23N3/c1-10(2)8-9-12(4)18-14-11(3)6-5-7-13(14)17-15(18)16/h5-7,10,12H,8-9H2,1-4H3,(H2,16,17). The summed E-state index contributed by atoms with van der Waals surface area (Å²) in [7, 11) is 0. The second-order valence-electron chi connectivity index (χ2n) is 5.60. The molecule has 18 heavy (non-hydrogen) atoms. The van der Waals surface area contributed by atoms with Gasteiger partial charge < -0.3 is 10.3 Å². The van der Waals surface area contributed by atoms with Crippen molar-refractivity contribution in [3.05, 3.63) is 23.8 Å². The van der Waals surface area contributed by atoms with Crippen molar-refractivity contribution in [2.24, 2.45) is 5.92 Å². The lowest BCUT2D eigenvalue weighted by Gasteiger charge is -2.18. The van der Waals surface area contributed by atoms with Gasteiger partial charge in [-0.1, -0.05) is 26.0 Å². The van der Waals surface area contributed by atoms with Gasteiger partial charge in [0.25, 0.3) is 0 Å². The highest BCUT2D eigenvalue weighted by Gasteiger charge is 2.15. The third-order valence-electron chi connectivity index (χ3n) is 3.54. The van der Waals surface area contributed by atoms with Gasteiger partial charge in [0.1, 0.15) is 0 Å². The van der Waals surface area contributed by atoms with Crippen LogP contribution in [0.3, 0.4) is 0 Å². The molecule has 0 fully saturated rings. The Kier molecular flexibility index (Phi) is 3.60. The van der Waals surface area contributed by atoms with Gasteiger partial charge in [-0.3, -0.25) is 0 Å². The molecule has 1 unspecified atom stereocenters. The molecular weight excluding hydrogens is 222 g/mol. The molecule has 0 saturated carbocycles. The minimum Gasteiger partial charge on any atom is -0.369 e. The largest absolute Gasteiger partial charge is 0.369 e. The van der Waals surface area contributed by atoms with Crippen LogP contribution in [0, 0.1) is 12.8 Å². The third kappa shape index (κ3) is 2.35. The van der Waals surface area contributed by atoms with Crippen LogP contribution in [0.5, 0.6) is 0 Å². The molecule has 0 aliphatic rings. The average Bonchev–Trinajstić information content (AvgIpc) is 2.63. The van der Waals surface area contributed by atoms with Crippen molar-refractivity contribution in [1.29, 1.82) is 0 Å². The van der Waals surface area contributed by atoms with Crippen molar-refractivity contribution in [1.82, 2.24) is 9.55 Å². The molecule has 2 aromatic rings. The zero-order valence-corrected chi connectivity index (χ0v) is 11.8. The van der Waals surface area contributed by atoms with E-state index >= 15 is 0 Å². The van der Waals surface area contributed by atoms with Crippen LogP contribution in [0.1, 0.15) is 45.2 Å². The molecule has 3 nitrogen and oxygen atoms in total. The summed E-state index contributed by atoms with van der Waals surface area (Å²) in [6.07, 6.45) is 2.35. The van der Waals surface area contributed by atoms with E-state index in [1.807, 2.05) is 12.1 Å². The summed E-state index contributed by atoms with van der Waals surface area (Å²) in [5.74, 6) is 1.36. The van der Waals surface area contributed by atoms with Crippen LogP contribution in [-0.4, -0.2) is 9.55 Å². The van der Waals surface area contributed by atoms with Crippen molar-refractivity contribution in [2.75, 3.05) is 5.73 Å². The molecule has 98 valence electrons. The van der Waals surface area contributed by atoms with Crippen molar-refractivity contribution in [3.63, 3.8) is 0 Å². The number of hydrogen-bond acceptors (Lipinski definition) is 2. The maximum Gasteiger partial charge on any atom is 0.201 e. The summed E-state index contributed by atoms with van der Waals surface area (Å²) in [6.45, 7) is 8.86. The summed E-state index contributed by atoms with van der Waals surface area (Å²) in [5.41, 5.74) is 9.51. The van der Waals surface area contributed by atoms with Gasteiger partial charge in [-0.25, -0.2) is 4.98 Å². The van der Waals surface area contributed by atoms with Crippen LogP contribution in [0.2, 0.25) is 0 Å². The van der Waals surface area contributed by atoms with E-state index in [2.05, 4.69) is 43.3 Å². The molecule has 1 aromatic heterocycles. The predicted molar refractivity (Wildman–Crippen MR) is 77.7 cm³/mol. The minimum absolute atomic E-state index is 0.401. The Labute approximate surface area is 109 Å². The van der Waals surface area contributed by atoms with Gasteiger partial charge in [-0.05, 0) is 44.2 Å². The number of nitrogens with zero attached hydrogens (tertiary/aromatic N) is 2. The molecule has 0 aliphatic heterocycles. The Hall–Kier alpha value is -1.51.